The third kappa shape index (κ3) is 5.27. The number of likely N-dealkylation sites (tertiary alicyclic amines) is 1. The first-order valence-electron chi connectivity index (χ1n) is 8.02. The largest absolute Gasteiger partial charge is 0.444 e. The van der Waals surface area contributed by atoms with Gasteiger partial charge in [0.15, 0.2) is 0 Å². The molecule has 122 valence electrons. The molecule has 0 aromatic heterocycles. The minimum Gasteiger partial charge on any atom is -0.444 e. The van der Waals surface area contributed by atoms with Crippen molar-refractivity contribution in [3.8, 4) is 0 Å². The highest BCUT2D eigenvalue weighted by Gasteiger charge is 2.38. The Morgan fingerprint density at radius 3 is 2.33 bits per heavy atom. The molecule has 0 bridgehead atoms. The fourth-order valence-corrected chi connectivity index (χ4v) is 3.82. The van der Waals surface area contributed by atoms with Crippen LogP contribution in [-0.4, -0.2) is 45.8 Å². The molecule has 21 heavy (non-hydrogen) atoms. The molecule has 0 aromatic rings. The van der Waals surface area contributed by atoms with Gasteiger partial charge in [-0.1, -0.05) is 29.5 Å². The van der Waals surface area contributed by atoms with Gasteiger partial charge >= 0.3 is 6.09 Å². The SMILES string of the molecule is CC1CCC(OC2CN(C(=O)OC(C)(C)C)CC2I)CC1. The van der Waals surface area contributed by atoms with Crippen molar-refractivity contribution in [2.24, 2.45) is 5.92 Å². The van der Waals surface area contributed by atoms with Gasteiger partial charge in [-0.3, -0.25) is 0 Å². The summed E-state index contributed by atoms with van der Waals surface area (Å²) >= 11 is 2.41. The van der Waals surface area contributed by atoms with E-state index in [9.17, 15) is 4.79 Å². The summed E-state index contributed by atoms with van der Waals surface area (Å²) < 4.78 is 12.1. The molecule has 2 aliphatic rings. The van der Waals surface area contributed by atoms with Gasteiger partial charge in [-0.05, 0) is 52.4 Å². The second kappa shape index (κ2) is 7.02. The molecule has 0 N–H and O–H groups in total. The van der Waals surface area contributed by atoms with Crippen LogP contribution in [0.2, 0.25) is 0 Å². The van der Waals surface area contributed by atoms with Crippen molar-refractivity contribution in [3.63, 3.8) is 0 Å². The zero-order valence-electron chi connectivity index (χ0n) is 13.6. The summed E-state index contributed by atoms with van der Waals surface area (Å²) in [4.78, 5) is 13.9. The van der Waals surface area contributed by atoms with Crippen LogP contribution >= 0.6 is 22.6 Å². The van der Waals surface area contributed by atoms with Crippen LogP contribution in [0.4, 0.5) is 4.79 Å². The lowest BCUT2D eigenvalue weighted by Crippen LogP contribution is -2.36. The van der Waals surface area contributed by atoms with Crippen molar-refractivity contribution in [3.05, 3.63) is 0 Å². The molecule has 1 amide bonds. The van der Waals surface area contributed by atoms with E-state index < -0.39 is 5.60 Å². The van der Waals surface area contributed by atoms with Crippen molar-refractivity contribution in [1.29, 1.82) is 0 Å². The molecule has 0 spiro atoms. The molecule has 0 aromatic carbocycles. The summed E-state index contributed by atoms with van der Waals surface area (Å²) in [5.41, 5.74) is -0.434. The molecule has 1 aliphatic carbocycles. The fourth-order valence-electron chi connectivity index (χ4n) is 2.95. The van der Waals surface area contributed by atoms with Gasteiger partial charge in [0.25, 0.3) is 0 Å². The maximum atomic E-state index is 12.1. The molecule has 2 rings (SSSR count). The van der Waals surface area contributed by atoms with Gasteiger partial charge < -0.3 is 14.4 Å². The fraction of sp³-hybridized carbons (Fsp3) is 0.938. The number of ether oxygens (including phenoxy) is 2. The number of hydrogen-bond donors (Lipinski definition) is 0. The molecule has 4 nitrogen and oxygen atoms in total. The minimum absolute atomic E-state index is 0.150. The highest BCUT2D eigenvalue weighted by atomic mass is 127. The minimum atomic E-state index is -0.434. The number of rotatable bonds is 2. The van der Waals surface area contributed by atoms with E-state index >= 15 is 0 Å². The van der Waals surface area contributed by atoms with E-state index in [-0.39, 0.29) is 12.2 Å². The predicted octanol–water partition coefficient (Wildman–Crippen LogP) is 4.00. The van der Waals surface area contributed by atoms with Gasteiger partial charge in [-0.2, -0.15) is 0 Å². The van der Waals surface area contributed by atoms with Gasteiger partial charge in [-0.15, -0.1) is 0 Å². The molecule has 0 radical (unpaired) electrons. The lowest BCUT2D eigenvalue weighted by atomic mass is 9.89. The van der Waals surface area contributed by atoms with Crippen molar-refractivity contribution in [2.45, 2.75) is 75.1 Å². The first-order chi connectivity index (χ1) is 9.74. The molecular weight excluding hydrogens is 381 g/mol. The maximum absolute atomic E-state index is 12.1. The molecule has 1 heterocycles. The van der Waals surface area contributed by atoms with Crippen LogP contribution in [-0.2, 0) is 9.47 Å². The Morgan fingerprint density at radius 1 is 1.14 bits per heavy atom. The van der Waals surface area contributed by atoms with E-state index in [4.69, 9.17) is 9.47 Å². The third-order valence-corrected chi connectivity index (χ3v) is 5.38. The number of nitrogens with zero attached hydrogens (tertiary/aromatic N) is 1. The normalized spacial score (nSPS) is 34.0. The topological polar surface area (TPSA) is 38.8 Å². The van der Waals surface area contributed by atoms with E-state index in [1.807, 2.05) is 20.8 Å². The number of amides is 1. The standard InChI is InChI=1S/C16H28INO3/c1-11-5-7-12(8-6-11)20-14-10-18(9-13(14)17)15(19)21-16(2,3)4/h11-14H,5-10H2,1-4H3. The van der Waals surface area contributed by atoms with Gasteiger partial charge in [0, 0.05) is 6.54 Å². The second-order valence-electron chi connectivity index (χ2n) is 7.46. The Bertz CT molecular complexity index is 361. The molecule has 1 aliphatic heterocycles. The van der Waals surface area contributed by atoms with Crippen molar-refractivity contribution < 1.29 is 14.3 Å². The lowest BCUT2D eigenvalue weighted by Gasteiger charge is -2.29. The smallest absolute Gasteiger partial charge is 0.410 e. The van der Waals surface area contributed by atoms with Crippen molar-refractivity contribution in [1.82, 2.24) is 4.90 Å². The summed E-state index contributed by atoms with van der Waals surface area (Å²) in [6.45, 7) is 9.41. The molecule has 1 saturated heterocycles. The zero-order chi connectivity index (χ0) is 15.6. The number of hydrogen-bond acceptors (Lipinski definition) is 3. The van der Waals surface area contributed by atoms with Gasteiger partial charge in [-0.25, -0.2) is 4.79 Å². The number of carbonyl (C=O) groups excluding carboxylic acids is 1. The van der Waals surface area contributed by atoms with Crippen LogP contribution in [0.3, 0.4) is 0 Å². The van der Waals surface area contributed by atoms with Crippen molar-refractivity contribution in [2.75, 3.05) is 13.1 Å². The summed E-state index contributed by atoms with van der Waals surface area (Å²) in [6, 6.07) is 0. The first-order valence-corrected chi connectivity index (χ1v) is 9.26. The second-order valence-corrected chi connectivity index (χ2v) is 9.06. The summed E-state index contributed by atoms with van der Waals surface area (Å²) in [5.74, 6) is 0.835. The van der Waals surface area contributed by atoms with Crippen LogP contribution in [0.15, 0.2) is 0 Å². The molecule has 1 saturated carbocycles. The number of halogens is 1. The van der Waals surface area contributed by atoms with Gasteiger partial charge in [0.1, 0.15) is 5.60 Å². The maximum Gasteiger partial charge on any atom is 0.410 e. The Kier molecular flexibility index (Phi) is 5.79. The highest BCUT2D eigenvalue weighted by Crippen LogP contribution is 2.30. The summed E-state index contributed by atoms with van der Waals surface area (Å²) in [7, 11) is 0. The van der Waals surface area contributed by atoms with Crippen LogP contribution < -0.4 is 0 Å². The average Bonchev–Trinajstić information content (AvgIpc) is 2.72. The van der Waals surface area contributed by atoms with Gasteiger partial charge in [0.05, 0.1) is 22.7 Å². The Morgan fingerprint density at radius 2 is 1.76 bits per heavy atom. The van der Waals surface area contributed by atoms with Crippen LogP contribution in [0, 0.1) is 5.92 Å². The van der Waals surface area contributed by atoms with E-state index in [2.05, 4.69) is 29.5 Å². The number of carbonyl (C=O) groups is 1. The van der Waals surface area contributed by atoms with Crippen molar-refractivity contribution >= 4 is 28.7 Å². The van der Waals surface area contributed by atoms with Crippen LogP contribution in [0.5, 0.6) is 0 Å². The third-order valence-electron chi connectivity index (χ3n) is 4.18. The first kappa shape index (κ1) is 17.3. The number of alkyl halides is 1. The zero-order valence-corrected chi connectivity index (χ0v) is 15.8. The summed E-state index contributed by atoms with van der Waals surface area (Å²) in [5, 5.41) is 0. The Labute approximate surface area is 142 Å². The Hall–Kier alpha value is -0.0400. The van der Waals surface area contributed by atoms with E-state index in [1.54, 1.807) is 4.90 Å². The molecule has 2 unspecified atom stereocenters. The molecular formula is C16H28INO3. The van der Waals surface area contributed by atoms with E-state index in [0.29, 0.717) is 16.6 Å². The van der Waals surface area contributed by atoms with E-state index in [0.717, 1.165) is 25.3 Å². The monoisotopic (exact) mass is 409 g/mol. The Balaban J connectivity index is 1.82. The van der Waals surface area contributed by atoms with Crippen LogP contribution in [0.1, 0.15) is 53.4 Å². The quantitative estimate of drug-likeness (QED) is 0.511. The average molecular weight is 409 g/mol. The van der Waals surface area contributed by atoms with Gasteiger partial charge in [0.2, 0.25) is 0 Å². The summed E-state index contributed by atoms with van der Waals surface area (Å²) in [6.07, 6.45) is 5.16. The molecule has 2 atom stereocenters. The van der Waals surface area contributed by atoms with Crippen LogP contribution in [0.25, 0.3) is 0 Å². The van der Waals surface area contributed by atoms with E-state index in [1.165, 1.54) is 12.8 Å². The predicted molar refractivity (Wildman–Crippen MR) is 91.9 cm³/mol. The highest BCUT2D eigenvalue weighted by molar-refractivity contribution is 14.1. The molecule has 2 fully saturated rings. The molecule has 5 heteroatoms. The lowest BCUT2D eigenvalue weighted by molar-refractivity contribution is -0.0290.